The normalized spacial score (nSPS) is 34.9. The summed E-state index contributed by atoms with van der Waals surface area (Å²) in [6.07, 6.45) is -11.6. The fraction of sp³-hybridized carbons (Fsp3) is 0.562. The molecule has 16 nitrogen and oxygen atoms in total. The molecule has 0 saturated carbocycles. The number of ether oxygens (including phenoxy) is 7. The molecule has 0 amide bonds. The lowest BCUT2D eigenvalue weighted by molar-refractivity contribution is -0.298. The number of fused-ring (bicyclic) bond motifs is 1. The number of methoxy groups -OCH3 is 2. The van der Waals surface area contributed by atoms with Crippen LogP contribution in [0.2, 0.25) is 0 Å². The van der Waals surface area contributed by atoms with E-state index in [1.807, 2.05) is 6.07 Å². The maximum Gasteiger partial charge on any atom is 0.229 e. The first-order valence-electron chi connectivity index (χ1n) is 15.3. The summed E-state index contributed by atoms with van der Waals surface area (Å²) in [5.41, 5.74) is 1.94. The van der Waals surface area contributed by atoms with E-state index in [2.05, 4.69) is 0 Å². The highest BCUT2D eigenvalue weighted by Gasteiger charge is 2.46. The Kier molecular flexibility index (Phi) is 11.8. The SMILES string of the molecule is COc1cc([C@H]2Oc3c(OC)cc(/C=C/CO[C@@H]4O[C@H](CO)[C@@H](O)[C@H](O)[C@H]4O)cc3[C@@H]2CO)ccc1O[C@@H]1O[C@H](CO)[C@@H](O)[C@H](O)[C@H]1O. The first kappa shape index (κ1) is 36.2. The molecular formula is C32H42O16. The van der Waals surface area contributed by atoms with Crippen molar-refractivity contribution in [3.63, 3.8) is 0 Å². The topological polar surface area (TPSA) is 247 Å². The minimum Gasteiger partial charge on any atom is -0.493 e. The summed E-state index contributed by atoms with van der Waals surface area (Å²) >= 11 is 0. The summed E-state index contributed by atoms with van der Waals surface area (Å²) in [5, 5.41) is 90.0. The Balaban J connectivity index is 1.30. The largest absolute Gasteiger partial charge is 0.493 e. The van der Waals surface area contributed by atoms with Gasteiger partial charge in [-0.15, -0.1) is 0 Å². The molecule has 16 heteroatoms. The van der Waals surface area contributed by atoms with Gasteiger partial charge in [0.25, 0.3) is 0 Å². The van der Waals surface area contributed by atoms with E-state index in [9.17, 15) is 46.0 Å². The van der Waals surface area contributed by atoms with Gasteiger partial charge in [-0.1, -0.05) is 18.2 Å². The first-order chi connectivity index (χ1) is 23.1. The second-order valence-corrected chi connectivity index (χ2v) is 11.6. The smallest absolute Gasteiger partial charge is 0.229 e. The first-order valence-corrected chi connectivity index (χ1v) is 15.3. The van der Waals surface area contributed by atoms with Crippen LogP contribution in [0.3, 0.4) is 0 Å². The molecule has 0 spiro atoms. The van der Waals surface area contributed by atoms with Crippen LogP contribution in [0.5, 0.6) is 23.0 Å². The fourth-order valence-electron chi connectivity index (χ4n) is 5.95. The van der Waals surface area contributed by atoms with Gasteiger partial charge in [0.2, 0.25) is 6.29 Å². The third-order valence-corrected chi connectivity index (χ3v) is 8.66. The Labute approximate surface area is 275 Å². The van der Waals surface area contributed by atoms with Crippen molar-refractivity contribution in [3.05, 3.63) is 53.1 Å². The minimum atomic E-state index is -1.62. The molecule has 0 radical (unpaired) electrons. The van der Waals surface area contributed by atoms with Gasteiger partial charge >= 0.3 is 0 Å². The van der Waals surface area contributed by atoms with Crippen molar-refractivity contribution in [1.29, 1.82) is 0 Å². The van der Waals surface area contributed by atoms with Crippen molar-refractivity contribution < 1.29 is 79.1 Å². The number of hydrogen-bond acceptors (Lipinski definition) is 16. The Hall–Kier alpha value is -3.10. The van der Waals surface area contributed by atoms with Crippen LogP contribution in [0, 0.1) is 0 Å². The lowest BCUT2D eigenvalue weighted by atomic mass is 9.90. The Bertz CT molecular complexity index is 1400. The zero-order chi connectivity index (χ0) is 34.7. The lowest BCUT2D eigenvalue weighted by Crippen LogP contribution is -2.60. The van der Waals surface area contributed by atoms with Gasteiger partial charge in [-0.05, 0) is 35.4 Å². The average Bonchev–Trinajstić information content (AvgIpc) is 3.48. The van der Waals surface area contributed by atoms with E-state index < -0.39 is 86.6 Å². The van der Waals surface area contributed by atoms with Gasteiger partial charge < -0.3 is 79.1 Å². The number of rotatable bonds is 12. The summed E-state index contributed by atoms with van der Waals surface area (Å²) in [7, 11) is 2.88. The second-order valence-electron chi connectivity index (χ2n) is 11.6. The molecule has 2 aromatic rings. The highest BCUT2D eigenvalue weighted by atomic mass is 16.7. The molecule has 5 rings (SSSR count). The van der Waals surface area contributed by atoms with Crippen molar-refractivity contribution in [3.8, 4) is 23.0 Å². The third kappa shape index (κ3) is 7.11. The number of aliphatic hydroxyl groups excluding tert-OH is 9. The van der Waals surface area contributed by atoms with Gasteiger partial charge in [-0.2, -0.15) is 0 Å². The predicted molar refractivity (Wildman–Crippen MR) is 162 cm³/mol. The van der Waals surface area contributed by atoms with Crippen molar-refractivity contribution in [1.82, 2.24) is 0 Å². The molecular weight excluding hydrogens is 640 g/mol. The molecule has 9 N–H and O–H groups in total. The van der Waals surface area contributed by atoms with Gasteiger partial charge in [0.15, 0.2) is 29.3 Å². The zero-order valence-electron chi connectivity index (χ0n) is 26.2. The average molecular weight is 683 g/mol. The quantitative estimate of drug-likeness (QED) is 0.117. The van der Waals surface area contributed by atoms with Crippen molar-refractivity contribution in [2.75, 3.05) is 40.6 Å². The molecule has 0 aliphatic carbocycles. The molecule has 2 fully saturated rings. The molecule has 266 valence electrons. The third-order valence-electron chi connectivity index (χ3n) is 8.66. The number of hydrogen-bond donors (Lipinski definition) is 9. The molecule has 3 heterocycles. The van der Waals surface area contributed by atoms with Crippen LogP contribution >= 0.6 is 0 Å². The number of aliphatic hydroxyl groups is 9. The molecule has 0 aromatic heterocycles. The van der Waals surface area contributed by atoms with Gasteiger partial charge in [0.05, 0.1) is 46.6 Å². The Morgan fingerprint density at radius 1 is 0.688 bits per heavy atom. The molecule has 2 saturated heterocycles. The Morgan fingerprint density at radius 2 is 1.31 bits per heavy atom. The van der Waals surface area contributed by atoms with E-state index in [1.165, 1.54) is 20.3 Å². The van der Waals surface area contributed by atoms with Crippen LogP contribution < -0.4 is 18.9 Å². The van der Waals surface area contributed by atoms with E-state index in [4.69, 9.17) is 33.2 Å². The van der Waals surface area contributed by atoms with E-state index in [1.54, 1.807) is 30.4 Å². The van der Waals surface area contributed by atoms with Crippen LogP contribution in [-0.2, 0) is 14.2 Å². The van der Waals surface area contributed by atoms with E-state index in [0.717, 1.165) is 0 Å². The minimum absolute atomic E-state index is 0.0536. The highest BCUT2D eigenvalue weighted by Crippen LogP contribution is 2.51. The summed E-state index contributed by atoms with van der Waals surface area (Å²) in [4.78, 5) is 0. The van der Waals surface area contributed by atoms with Gasteiger partial charge in [-0.3, -0.25) is 0 Å². The molecule has 0 bridgehead atoms. The van der Waals surface area contributed by atoms with Crippen molar-refractivity contribution >= 4 is 6.08 Å². The van der Waals surface area contributed by atoms with Crippen LogP contribution in [0.1, 0.15) is 28.7 Å². The van der Waals surface area contributed by atoms with Crippen LogP contribution in [0.25, 0.3) is 6.08 Å². The molecule has 3 aliphatic heterocycles. The molecule has 48 heavy (non-hydrogen) atoms. The van der Waals surface area contributed by atoms with Crippen LogP contribution in [0.4, 0.5) is 0 Å². The van der Waals surface area contributed by atoms with E-state index in [0.29, 0.717) is 28.2 Å². The van der Waals surface area contributed by atoms with Gasteiger partial charge in [0, 0.05) is 5.56 Å². The lowest BCUT2D eigenvalue weighted by Gasteiger charge is -2.39. The predicted octanol–water partition coefficient (Wildman–Crippen LogP) is -2.08. The monoisotopic (exact) mass is 682 g/mol. The van der Waals surface area contributed by atoms with Gasteiger partial charge in [0.1, 0.15) is 54.9 Å². The standard InChI is InChI=1S/C32H42O16/c1-42-19-10-15(5-6-18(19)45-32-28(41)26(39)24(37)22(13-35)47-32)29-17(11-33)16-8-14(9-20(43-2)30(16)48-29)4-3-7-44-31-27(40)25(38)23(36)21(12-34)46-31/h3-6,8-10,17,21-29,31-41H,7,11-13H2,1-2H3/b4-3+/t17-,21+,22+,23+,24+,25-,26-,27+,28+,29+,31+,32+/m0/s1. The Morgan fingerprint density at radius 3 is 1.92 bits per heavy atom. The maximum absolute atomic E-state index is 10.5. The molecule has 0 unspecified atom stereocenters. The highest BCUT2D eigenvalue weighted by molar-refractivity contribution is 5.62. The number of benzene rings is 2. The molecule has 2 aromatic carbocycles. The summed E-state index contributed by atoms with van der Waals surface area (Å²) < 4.78 is 39.5. The molecule has 12 atom stereocenters. The van der Waals surface area contributed by atoms with E-state index in [-0.39, 0.29) is 24.7 Å². The summed E-state index contributed by atoms with van der Waals surface area (Å²) in [6.45, 7) is -1.53. The van der Waals surface area contributed by atoms with Crippen LogP contribution in [0.15, 0.2) is 36.4 Å². The fourth-order valence-corrected chi connectivity index (χ4v) is 5.95. The second kappa shape index (κ2) is 15.6. The van der Waals surface area contributed by atoms with E-state index >= 15 is 0 Å². The van der Waals surface area contributed by atoms with Gasteiger partial charge in [-0.25, -0.2) is 0 Å². The van der Waals surface area contributed by atoms with Crippen LogP contribution in [-0.4, -0.2) is 148 Å². The van der Waals surface area contributed by atoms with Crippen molar-refractivity contribution in [2.45, 2.75) is 73.4 Å². The summed E-state index contributed by atoms with van der Waals surface area (Å²) in [6, 6.07) is 8.37. The molecule has 3 aliphatic rings. The maximum atomic E-state index is 10.5. The van der Waals surface area contributed by atoms with Crippen molar-refractivity contribution in [2.24, 2.45) is 0 Å². The summed E-state index contributed by atoms with van der Waals surface area (Å²) in [5.74, 6) is 0.650. The zero-order valence-corrected chi connectivity index (χ0v) is 26.2.